The predicted octanol–water partition coefficient (Wildman–Crippen LogP) is 1.28. The molecule has 2 aromatic rings. The molecule has 1 aromatic heterocycles. The maximum absolute atomic E-state index is 12.0. The number of rotatable bonds is 4. The summed E-state index contributed by atoms with van der Waals surface area (Å²) in [5.41, 5.74) is 0.814. The fourth-order valence-corrected chi connectivity index (χ4v) is 2.52. The highest BCUT2D eigenvalue weighted by Crippen LogP contribution is 2.16. The fourth-order valence-electron chi connectivity index (χ4n) is 2.39. The first kappa shape index (κ1) is 17.7. The molecule has 7 nitrogen and oxygen atoms in total. The lowest BCUT2D eigenvalue weighted by Gasteiger charge is -2.23. The Morgan fingerprint density at radius 3 is 2.70 bits per heavy atom. The van der Waals surface area contributed by atoms with E-state index in [-0.39, 0.29) is 30.9 Å². The van der Waals surface area contributed by atoms with Crippen LogP contribution in [0.25, 0.3) is 11.4 Å². The minimum atomic E-state index is -0.0908. The first-order valence-electron chi connectivity index (χ1n) is 7.24. The SMILES string of the molecule is Cl.O=C(Cn1nnc(-c2ccc(Cl)cc2)n1)NC1CCNCC1. The van der Waals surface area contributed by atoms with Gasteiger partial charge in [-0.15, -0.1) is 22.6 Å². The molecule has 0 bridgehead atoms. The summed E-state index contributed by atoms with van der Waals surface area (Å²) in [7, 11) is 0. The summed E-state index contributed by atoms with van der Waals surface area (Å²) < 4.78 is 0. The Kier molecular flexibility index (Phi) is 6.32. The molecule has 23 heavy (non-hydrogen) atoms. The maximum atomic E-state index is 12.0. The van der Waals surface area contributed by atoms with Crippen LogP contribution in [-0.2, 0) is 11.3 Å². The minimum Gasteiger partial charge on any atom is -0.352 e. The molecule has 0 saturated carbocycles. The number of nitrogens with zero attached hydrogens (tertiary/aromatic N) is 4. The topological polar surface area (TPSA) is 84.7 Å². The van der Waals surface area contributed by atoms with Crippen LogP contribution in [0.3, 0.4) is 0 Å². The molecule has 1 amide bonds. The van der Waals surface area contributed by atoms with Gasteiger partial charge in [0, 0.05) is 16.6 Å². The smallest absolute Gasteiger partial charge is 0.243 e. The number of hydrogen-bond acceptors (Lipinski definition) is 5. The summed E-state index contributed by atoms with van der Waals surface area (Å²) in [5.74, 6) is 0.387. The summed E-state index contributed by atoms with van der Waals surface area (Å²) in [6.45, 7) is 1.95. The van der Waals surface area contributed by atoms with Gasteiger partial charge in [-0.2, -0.15) is 4.80 Å². The van der Waals surface area contributed by atoms with E-state index in [4.69, 9.17) is 11.6 Å². The van der Waals surface area contributed by atoms with Crippen molar-refractivity contribution in [1.29, 1.82) is 0 Å². The normalized spacial score (nSPS) is 15.0. The van der Waals surface area contributed by atoms with Crippen LogP contribution >= 0.6 is 24.0 Å². The third kappa shape index (κ3) is 4.89. The Labute approximate surface area is 145 Å². The van der Waals surface area contributed by atoms with Crippen LogP contribution in [0.2, 0.25) is 5.02 Å². The zero-order valence-electron chi connectivity index (χ0n) is 12.4. The zero-order chi connectivity index (χ0) is 15.4. The number of benzene rings is 1. The zero-order valence-corrected chi connectivity index (χ0v) is 14.0. The van der Waals surface area contributed by atoms with E-state index in [2.05, 4.69) is 26.0 Å². The second-order valence-corrected chi connectivity index (χ2v) is 5.68. The van der Waals surface area contributed by atoms with Gasteiger partial charge in [-0.05, 0) is 55.4 Å². The van der Waals surface area contributed by atoms with Crippen molar-refractivity contribution in [2.45, 2.75) is 25.4 Å². The molecule has 124 valence electrons. The third-order valence-corrected chi connectivity index (χ3v) is 3.80. The van der Waals surface area contributed by atoms with Crippen LogP contribution in [0.5, 0.6) is 0 Å². The Morgan fingerprint density at radius 1 is 1.30 bits per heavy atom. The van der Waals surface area contributed by atoms with Crippen LogP contribution in [0, 0.1) is 0 Å². The van der Waals surface area contributed by atoms with Gasteiger partial charge in [-0.25, -0.2) is 0 Å². The molecule has 0 radical (unpaired) electrons. The average molecular weight is 357 g/mol. The summed E-state index contributed by atoms with van der Waals surface area (Å²) >= 11 is 5.85. The quantitative estimate of drug-likeness (QED) is 0.861. The lowest BCUT2D eigenvalue weighted by molar-refractivity contribution is -0.122. The van der Waals surface area contributed by atoms with Crippen LogP contribution in [-0.4, -0.2) is 45.2 Å². The van der Waals surface area contributed by atoms with Gasteiger partial charge in [0.2, 0.25) is 11.7 Å². The molecule has 1 fully saturated rings. The van der Waals surface area contributed by atoms with Crippen LogP contribution in [0.4, 0.5) is 0 Å². The van der Waals surface area contributed by atoms with E-state index in [1.54, 1.807) is 12.1 Å². The number of piperidine rings is 1. The van der Waals surface area contributed by atoms with E-state index in [9.17, 15) is 4.79 Å². The van der Waals surface area contributed by atoms with E-state index in [0.29, 0.717) is 10.8 Å². The van der Waals surface area contributed by atoms with Crippen LogP contribution in [0.1, 0.15) is 12.8 Å². The number of carbonyl (C=O) groups is 1. The number of tetrazole rings is 1. The molecule has 2 heterocycles. The van der Waals surface area contributed by atoms with E-state index in [0.717, 1.165) is 31.5 Å². The first-order valence-corrected chi connectivity index (χ1v) is 7.62. The summed E-state index contributed by atoms with van der Waals surface area (Å²) in [6, 6.07) is 7.40. The highest BCUT2D eigenvalue weighted by molar-refractivity contribution is 6.30. The summed E-state index contributed by atoms with van der Waals surface area (Å²) in [4.78, 5) is 13.3. The standard InChI is InChI=1S/C14H17ClN6O.ClH/c15-11-3-1-10(2-4-11)14-18-20-21(19-14)9-13(22)17-12-5-7-16-8-6-12;/h1-4,12,16H,5-9H2,(H,17,22);1H. The van der Waals surface area contributed by atoms with Gasteiger partial charge < -0.3 is 10.6 Å². The highest BCUT2D eigenvalue weighted by atomic mass is 35.5. The van der Waals surface area contributed by atoms with Crippen molar-refractivity contribution in [2.75, 3.05) is 13.1 Å². The molecule has 1 aromatic carbocycles. The van der Waals surface area contributed by atoms with E-state index < -0.39 is 0 Å². The third-order valence-electron chi connectivity index (χ3n) is 3.54. The molecule has 0 atom stereocenters. The Bertz CT molecular complexity index is 639. The molecule has 0 spiro atoms. The number of nitrogens with one attached hydrogen (secondary N) is 2. The number of aromatic nitrogens is 4. The van der Waals surface area contributed by atoms with Gasteiger partial charge >= 0.3 is 0 Å². The Balaban J connectivity index is 0.00000192. The second kappa shape index (κ2) is 8.24. The maximum Gasteiger partial charge on any atom is 0.243 e. The molecule has 0 unspecified atom stereocenters. The van der Waals surface area contributed by atoms with Gasteiger partial charge in [-0.3, -0.25) is 4.79 Å². The largest absolute Gasteiger partial charge is 0.352 e. The van der Waals surface area contributed by atoms with Gasteiger partial charge in [-0.1, -0.05) is 11.6 Å². The van der Waals surface area contributed by atoms with Crippen molar-refractivity contribution < 1.29 is 4.79 Å². The van der Waals surface area contributed by atoms with Gasteiger partial charge in [0.05, 0.1) is 0 Å². The van der Waals surface area contributed by atoms with Crippen molar-refractivity contribution in [3.05, 3.63) is 29.3 Å². The van der Waals surface area contributed by atoms with Gasteiger partial charge in [0.15, 0.2) is 0 Å². The molecular weight excluding hydrogens is 339 g/mol. The molecule has 1 aliphatic rings. The molecule has 1 saturated heterocycles. The molecule has 1 aliphatic heterocycles. The molecular formula is C14H18Cl2N6O. The highest BCUT2D eigenvalue weighted by Gasteiger charge is 2.16. The van der Waals surface area contributed by atoms with Crippen molar-refractivity contribution >= 4 is 29.9 Å². The first-order chi connectivity index (χ1) is 10.7. The van der Waals surface area contributed by atoms with Crippen LogP contribution in [0.15, 0.2) is 24.3 Å². The number of amides is 1. The van der Waals surface area contributed by atoms with E-state index in [1.165, 1.54) is 4.80 Å². The number of carbonyl (C=O) groups excluding carboxylic acids is 1. The Hall–Kier alpha value is -1.70. The molecule has 2 N–H and O–H groups in total. The van der Waals surface area contributed by atoms with Crippen molar-refractivity contribution in [3.63, 3.8) is 0 Å². The van der Waals surface area contributed by atoms with Crippen molar-refractivity contribution in [3.8, 4) is 11.4 Å². The van der Waals surface area contributed by atoms with E-state index >= 15 is 0 Å². The Morgan fingerprint density at radius 2 is 2.00 bits per heavy atom. The molecule has 0 aliphatic carbocycles. The van der Waals surface area contributed by atoms with Crippen molar-refractivity contribution in [1.82, 2.24) is 30.8 Å². The second-order valence-electron chi connectivity index (χ2n) is 5.24. The van der Waals surface area contributed by atoms with Gasteiger partial charge in [0.1, 0.15) is 6.54 Å². The average Bonchev–Trinajstić information content (AvgIpc) is 2.97. The molecule has 9 heteroatoms. The lowest BCUT2D eigenvalue weighted by Crippen LogP contribution is -2.44. The fraction of sp³-hybridized carbons (Fsp3) is 0.429. The number of hydrogen-bond donors (Lipinski definition) is 2. The number of halogens is 2. The lowest BCUT2D eigenvalue weighted by atomic mass is 10.1. The summed E-state index contributed by atoms with van der Waals surface area (Å²) in [5, 5.41) is 19.0. The van der Waals surface area contributed by atoms with Gasteiger partial charge in [0.25, 0.3) is 0 Å². The van der Waals surface area contributed by atoms with Crippen molar-refractivity contribution in [2.24, 2.45) is 0 Å². The monoisotopic (exact) mass is 356 g/mol. The molecule has 3 rings (SSSR count). The minimum absolute atomic E-state index is 0. The summed E-state index contributed by atoms with van der Waals surface area (Å²) in [6.07, 6.45) is 1.90. The van der Waals surface area contributed by atoms with E-state index in [1.807, 2.05) is 12.1 Å². The predicted molar refractivity (Wildman–Crippen MR) is 89.5 cm³/mol. The van der Waals surface area contributed by atoms with Crippen LogP contribution < -0.4 is 10.6 Å².